The molecular formula is C12H10ClN3O2. The van der Waals surface area contributed by atoms with E-state index in [9.17, 15) is 9.90 Å². The molecule has 1 atom stereocenters. The summed E-state index contributed by atoms with van der Waals surface area (Å²) in [7, 11) is 0. The van der Waals surface area contributed by atoms with Crippen LogP contribution >= 0.6 is 11.6 Å². The van der Waals surface area contributed by atoms with Crippen LogP contribution in [-0.2, 0) is 0 Å². The Kier molecular flexibility index (Phi) is 3.13. The maximum Gasteiger partial charge on any atom is 0.346 e. The first-order valence-electron chi connectivity index (χ1n) is 5.11. The molecule has 0 saturated heterocycles. The molecule has 1 aromatic carbocycles. The standard InChI is InChI=1S/C12H10ClN3O2/c1-2-5-16-10(11(14)15-12(16)18)7-3-4-9(17)8(13)6-7/h1,3-4,6,10,17H,5H2,(H2,14,15,18). The zero-order chi connectivity index (χ0) is 13.3. The van der Waals surface area contributed by atoms with Crippen LogP contribution < -0.4 is 5.73 Å². The van der Waals surface area contributed by atoms with Crippen molar-refractivity contribution in [2.45, 2.75) is 6.04 Å². The minimum atomic E-state index is -0.536. The number of aliphatic imine (C=N–C) groups is 1. The summed E-state index contributed by atoms with van der Waals surface area (Å²) in [6.45, 7) is 0.103. The van der Waals surface area contributed by atoms with E-state index in [1.165, 1.54) is 17.0 Å². The van der Waals surface area contributed by atoms with Crippen molar-refractivity contribution in [2.75, 3.05) is 6.54 Å². The second-order valence-corrected chi connectivity index (χ2v) is 4.17. The van der Waals surface area contributed by atoms with Crippen LogP contribution in [0.1, 0.15) is 11.6 Å². The molecule has 0 saturated carbocycles. The van der Waals surface area contributed by atoms with E-state index < -0.39 is 12.1 Å². The van der Waals surface area contributed by atoms with Crippen molar-refractivity contribution in [2.24, 2.45) is 10.7 Å². The number of rotatable bonds is 2. The van der Waals surface area contributed by atoms with Crippen LogP contribution in [0.25, 0.3) is 0 Å². The van der Waals surface area contributed by atoms with Gasteiger partial charge in [-0.25, -0.2) is 4.79 Å². The van der Waals surface area contributed by atoms with Crippen molar-refractivity contribution in [3.63, 3.8) is 0 Å². The molecule has 92 valence electrons. The molecule has 5 nitrogen and oxygen atoms in total. The molecule has 1 unspecified atom stereocenters. The van der Waals surface area contributed by atoms with Crippen molar-refractivity contribution in [1.82, 2.24) is 4.90 Å². The van der Waals surface area contributed by atoms with Gasteiger partial charge in [0.1, 0.15) is 17.6 Å². The third kappa shape index (κ3) is 1.98. The lowest BCUT2D eigenvalue weighted by molar-refractivity contribution is 0.213. The summed E-state index contributed by atoms with van der Waals surface area (Å²) in [5.74, 6) is 2.51. The third-order valence-corrected chi connectivity index (χ3v) is 2.91. The van der Waals surface area contributed by atoms with E-state index in [1.807, 2.05) is 0 Å². The van der Waals surface area contributed by atoms with E-state index in [4.69, 9.17) is 23.8 Å². The number of amides is 2. The molecule has 6 heteroatoms. The quantitative estimate of drug-likeness (QED) is 0.794. The first kappa shape index (κ1) is 12.3. The minimum Gasteiger partial charge on any atom is -0.506 e. The number of phenolic OH excluding ortho intramolecular Hbond substituents is 1. The summed E-state index contributed by atoms with van der Waals surface area (Å²) < 4.78 is 0. The fourth-order valence-corrected chi connectivity index (χ4v) is 2.00. The molecule has 0 fully saturated rings. The van der Waals surface area contributed by atoms with Gasteiger partial charge < -0.3 is 10.8 Å². The highest BCUT2D eigenvalue weighted by Gasteiger charge is 2.34. The van der Waals surface area contributed by atoms with Gasteiger partial charge >= 0.3 is 6.03 Å². The maximum atomic E-state index is 11.6. The molecule has 0 spiro atoms. The van der Waals surface area contributed by atoms with E-state index in [-0.39, 0.29) is 23.2 Å². The van der Waals surface area contributed by atoms with Gasteiger partial charge in [-0.15, -0.1) is 6.42 Å². The van der Waals surface area contributed by atoms with Crippen molar-refractivity contribution in [1.29, 1.82) is 0 Å². The number of aromatic hydroxyl groups is 1. The zero-order valence-corrected chi connectivity index (χ0v) is 10.1. The number of carbonyl (C=O) groups excluding carboxylic acids is 1. The number of nitrogens with two attached hydrogens (primary N) is 1. The average Bonchev–Trinajstić information content (AvgIpc) is 2.59. The monoisotopic (exact) mass is 263 g/mol. The van der Waals surface area contributed by atoms with Gasteiger partial charge in [0.15, 0.2) is 0 Å². The molecule has 2 amide bonds. The van der Waals surface area contributed by atoms with Crippen LogP contribution in [0.3, 0.4) is 0 Å². The topological polar surface area (TPSA) is 78.9 Å². The molecular weight excluding hydrogens is 254 g/mol. The van der Waals surface area contributed by atoms with Crippen molar-refractivity contribution < 1.29 is 9.90 Å². The number of hydrogen-bond acceptors (Lipinski definition) is 3. The van der Waals surface area contributed by atoms with Gasteiger partial charge in [-0.05, 0) is 17.7 Å². The number of urea groups is 1. The Balaban J connectivity index is 2.41. The number of carbonyl (C=O) groups is 1. The molecule has 0 aliphatic carbocycles. The lowest BCUT2D eigenvalue weighted by atomic mass is 10.1. The lowest BCUT2D eigenvalue weighted by Gasteiger charge is -2.22. The Bertz CT molecular complexity index is 577. The van der Waals surface area contributed by atoms with Crippen molar-refractivity contribution in [3.05, 3.63) is 28.8 Å². The first-order valence-corrected chi connectivity index (χ1v) is 5.49. The first-order chi connectivity index (χ1) is 8.54. The highest BCUT2D eigenvalue weighted by Crippen LogP contribution is 2.31. The van der Waals surface area contributed by atoms with Crippen LogP contribution in [0.15, 0.2) is 23.2 Å². The summed E-state index contributed by atoms with van der Waals surface area (Å²) in [5.41, 5.74) is 6.38. The SMILES string of the molecule is C#CCN1C(=O)N=C(N)C1c1ccc(O)c(Cl)c1. The van der Waals surface area contributed by atoms with Gasteiger partial charge in [0.25, 0.3) is 0 Å². The number of terminal acetylenes is 1. The Morgan fingerprint density at radius 2 is 2.33 bits per heavy atom. The highest BCUT2D eigenvalue weighted by molar-refractivity contribution is 6.32. The van der Waals surface area contributed by atoms with Crippen LogP contribution in [0.2, 0.25) is 5.02 Å². The van der Waals surface area contributed by atoms with E-state index in [0.717, 1.165) is 0 Å². The van der Waals surface area contributed by atoms with Gasteiger partial charge in [0, 0.05) is 0 Å². The number of halogens is 1. The fraction of sp³-hybridized carbons (Fsp3) is 0.167. The van der Waals surface area contributed by atoms with Gasteiger partial charge in [0.05, 0.1) is 11.6 Å². The summed E-state index contributed by atoms with van der Waals surface area (Å²) >= 11 is 5.83. The summed E-state index contributed by atoms with van der Waals surface area (Å²) in [6.07, 6.45) is 5.21. The number of amidine groups is 1. The van der Waals surface area contributed by atoms with Crippen LogP contribution in [0, 0.1) is 12.3 Å². The fourth-order valence-electron chi connectivity index (χ4n) is 1.81. The molecule has 2 rings (SSSR count). The molecule has 1 aromatic rings. The molecule has 3 N–H and O–H groups in total. The molecule has 0 radical (unpaired) electrons. The Morgan fingerprint density at radius 3 is 2.94 bits per heavy atom. The van der Waals surface area contributed by atoms with Gasteiger partial charge in [0.2, 0.25) is 0 Å². The Labute approximate surface area is 109 Å². The predicted octanol–water partition coefficient (Wildman–Crippen LogP) is 1.51. The van der Waals surface area contributed by atoms with Gasteiger partial charge in [-0.3, -0.25) is 4.90 Å². The molecule has 1 heterocycles. The number of hydrogen-bond donors (Lipinski definition) is 2. The summed E-state index contributed by atoms with van der Waals surface area (Å²) in [4.78, 5) is 16.6. The summed E-state index contributed by atoms with van der Waals surface area (Å²) in [6, 6.07) is 3.58. The second kappa shape index (κ2) is 4.59. The van der Waals surface area contributed by atoms with Gasteiger partial charge in [-0.2, -0.15) is 4.99 Å². The normalized spacial score (nSPS) is 18.7. The number of benzene rings is 1. The Morgan fingerprint density at radius 1 is 1.61 bits per heavy atom. The highest BCUT2D eigenvalue weighted by atomic mass is 35.5. The predicted molar refractivity (Wildman–Crippen MR) is 68.4 cm³/mol. The summed E-state index contributed by atoms with van der Waals surface area (Å²) in [5, 5.41) is 9.55. The largest absolute Gasteiger partial charge is 0.506 e. The van der Waals surface area contributed by atoms with E-state index >= 15 is 0 Å². The van der Waals surface area contributed by atoms with Crippen molar-refractivity contribution >= 4 is 23.5 Å². The van der Waals surface area contributed by atoms with Crippen molar-refractivity contribution in [3.8, 4) is 18.1 Å². The molecule has 1 aliphatic rings. The lowest BCUT2D eigenvalue weighted by Crippen LogP contribution is -2.33. The van der Waals surface area contributed by atoms with Crippen LogP contribution in [0.4, 0.5) is 4.79 Å². The molecule has 0 aromatic heterocycles. The molecule has 0 bridgehead atoms. The molecule has 1 aliphatic heterocycles. The van der Waals surface area contributed by atoms with Crippen LogP contribution in [-0.4, -0.2) is 28.4 Å². The smallest absolute Gasteiger partial charge is 0.346 e. The van der Waals surface area contributed by atoms with Crippen LogP contribution in [0.5, 0.6) is 5.75 Å². The Hall–Kier alpha value is -2.19. The van der Waals surface area contributed by atoms with E-state index in [1.54, 1.807) is 6.07 Å². The number of nitrogens with zero attached hydrogens (tertiary/aromatic N) is 2. The maximum absolute atomic E-state index is 11.6. The second-order valence-electron chi connectivity index (χ2n) is 3.76. The van der Waals surface area contributed by atoms with Gasteiger partial charge in [-0.1, -0.05) is 23.6 Å². The van der Waals surface area contributed by atoms with E-state index in [2.05, 4.69) is 10.9 Å². The third-order valence-electron chi connectivity index (χ3n) is 2.61. The molecule has 18 heavy (non-hydrogen) atoms. The average molecular weight is 264 g/mol. The minimum absolute atomic E-state index is 0.0382. The number of phenols is 1. The zero-order valence-electron chi connectivity index (χ0n) is 9.30. The van der Waals surface area contributed by atoms with E-state index in [0.29, 0.717) is 5.56 Å².